The molecule has 0 bridgehead atoms. The van der Waals surface area contributed by atoms with E-state index < -0.39 is 0 Å². The monoisotopic (exact) mass is 270 g/mol. The van der Waals surface area contributed by atoms with E-state index in [2.05, 4.69) is 45.9 Å². The van der Waals surface area contributed by atoms with Crippen LogP contribution < -0.4 is 0 Å². The van der Waals surface area contributed by atoms with Gasteiger partial charge in [-0.15, -0.1) is 0 Å². The van der Waals surface area contributed by atoms with Crippen molar-refractivity contribution in [1.29, 1.82) is 0 Å². The molecule has 1 heteroatoms. The zero-order valence-corrected chi connectivity index (χ0v) is 13.6. The first-order valence-electron chi connectivity index (χ1n) is 7.47. The van der Waals surface area contributed by atoms with Gasteiger partial charge in [0.15, 0.2) is 6.29 Å². The molecule has 0 saturated heterocycles. The fourth-order valence-electron chi connectivity index (χ4n) is 3.23. The van der Waals surface area contributed by atoms with Gasteiger partial charge in [-0.05, 0) is 54.2 Å². The highest BCUT2D eigenvalue weighted by molar-refractivity contribution is 6.08. The van der Waals surface area contributed by atoms with Gasteiger partial charge in [0.2, 0.25) is 0 Å². The Morgan fingerprint density at radius 3 is 2.05 bits per heavy atom. The lowest BCUT2D eigenvalue weighted by Crippen LogP contribution is -2.33. The summed E-state index contributed by atoms with van der Waals surface area (Å²) in [4.78, 5) is 11.3. The summed E-state index contributed by atoms with van der Waals surface area (Å²) in [5, 5.41) is 0. The van der Waals surface area contributed by atoms with Crippen LogP contribution >= 0.6 is 0 Å². The molecule has 1 aromatic rings. The second kappa shape index (κ2) is 4.87. The molecule has 0 amide bonds. The van der Waals surface area contributed by atoms with Crippen LogP contribution in [0, 0.1) is 0 Å². The van der Waals surface area contributed by atoms with Crippen molar-refractivity contribution in [1.82, 2.24) is 0 Å². The van der Waals surface area contributed by atoms with Gasteiger partial charge in [-0.1, -0.05) is 51.5 Å². The van der Waals surface area contributed by atoms with Crippen molar-refractivity contribution in [2.75, 3.05) is 0 Å². The van der Waals surface area contributed by atoms with Gasteiger partial charge in [0, 0.05) is 5.57 Å². The second-order valence-electron chi connectivity index (χ2n) is 7.56. The van der Waals surface area contributed by atoms with Crippen molar-refractivity contribution in [3.05, 3.63) is 40.5 Å². The summed E-state index contributed by atoms with van der Waals surface area (Å²) in [5.74, 6) is 0. The highest BCUT2D eigenvalue weighted by Crippen LogP contribution is 2.46. The largest absolute Gasteiger partial charge is 0.298 e. The normalized spacial score (nSPS) is 19.1. The number of allylic oxidation sites excluding steroid dienone is 2. The SMILES string of the molecule is CC(C)=C(C=O)c1ccc2c(c1)C(C)(C)CCC2(C)C. The molecule has 0 saturated carbocycles. The molecule has 1 aliphatic carbocycles. The molecule has 0 spiro atoms. The van der Waals surface area contributed by atoms with Crippen LogP contribution in [-0.4, -0.2) is 6.29 Å². The van der Waals surface area contributed by atoms with Gasteiger partial charge in [0.1, 0.15) is 0 Å². The van der Waals surface area contributed by atoms with Gasteiger partial charge in [-0.3, -0.25) is 4.79 Å². The van der Waals surface area contributed by atoms with Gasteiger partial charge in [0.25, 0.3) is 0 Å². The van der Waals surface area contributed by atoms with Crippen LogP contribution in [0.25, 0.3) is 5.57 Å². The van der Waals surface area contributed by atoms with Gasteiger partial charge >= 0.3 is 0 Å². The zero-order chi connectivity index (χ0) is 15.1. The number of benzene rings is 1. The van der Waals surface area contributed by atoms with Crippen molar-refractivity contribution in [3.8, 4) is 0 Å². The molecular formula is C19H26O. The van der Waals surface area contributed by atoms with Crippen LogP contribution in [0.3, 0.4) is 0 Å². The van der Waals surface area contributed by atoms with E-state index in [-0.39, 0.29) is 10.8 Å². The summed E-state index contributed by atoms with van der Waals surface area (Å²) in [7, 11) is 0. The Kier molecular flexibility index (Phi) is 3.66. The number of rotatable bonds is 2. The fraction of sp³-hybridized carbons (Fsp3) is 0.526. The average molecular weight is 270 g/mol. The minimum absolute atomic E-state index is 0.191. The van der Waals surface area contributed by atoms with Gasteiger partial charge in [-0.2, -0.15) is 0 Å². The molecular weight excluding hydrogens is 244 g/mol. The minimum Gasteiger partial charge on any atom is -0.298 e. The topological polar surface area (TPSA) is 17.1 Å². The molecule has 0 aliphatic heterocycles. The molecule has 0 fully saturated rings. The van der Waals surface area contributed by atoms with Crippen LogP contribution in [0.2, 0.25) is 0 Å². The van der Waals surface area contributed by atoms with E-state index in [1.165, 1.54) is 24.0 Å². The summed E-state index contributed by atoms with van der Waals surface area (Å²) >= 11 is 0. The van der Waals surface area contributed by atoms with Crippen molar-refractivity contribution in [2.45, 2.75) is 65.2 Å². The minimum atomic E-state index is 0.191. The molecule has 108 valence electrons. The van der Waals surface area contributed by atoms with E-state index in [0.29, 0.717) is 0 Å². The van der Waals surface area contributed by atoms with Crippen molar-refractivity contribution < 1.29 is 4.79 Å². The van der Waals surface area contributed by atoms with Crippen molar-refractivity contribution >= 4 is 11.9 Å². The van der Waals surface area contributed by atoms with E-state index in [9.17, 15) is 4.79 Å². The number of hydrogen-bond donors (Lipinski definition) is 0. The Bertz CT molecular complexity index is 569. The van der Waals surface area contributed by atoms with E-state index in [4.69, 9.17) is 0 Å². The number of aldehydes is 1. The average Bonchev–Trinajstić information content (AvgIpc) is 2.36. The fourth-order valence-corrected chi connectivity index (χ4v) is 3.23. The molecule has 0 atom stereocenters. The summed E-state index contributed by atoms with van der Waals surface area (Å²) < 4.78 is 0. The quantitative estimate of drug-likeness (QED) is 0.544. The van der Waals surface area contributed by atoms with Gasteiger partial charge in [0.05, 0.1) is 0 Å². The first-order valence-corrected chi connectivity index (χ1v) is 7.47. The molecule has 20 heavy (non-hydrogen) atoms. The van der Waals surface area contributed by atoms with E-state index in [1.54, 1.807) is 0 Å². The maximum atomic E-state index is 11.3. The Balaban J connectivity index is 2.66. The van der Waals surface area contributed by atoms with Crippen LogP contribution in [-0.2, 0) is 15.6 Å². The van der Waals surface area contributed by atoms with E-state index >= 15 is 0 Å². The third-order valence-electron chi connectivity index (χ3n) is 4.82. The van der Waals surface area contributed by atoms with Crippen LogP contribution in [0.5, 0.6) is 0 Å². The first-order chi connectivity index (χ1) is 9.19. The van der Waals surface area contributed by atoms with E-state index in [1.807, 2.05) is 13.8 Å². The lowest BCUT2D eigenvalue weighted by Gasteiger charge is -2.42. The smallest absolute Gasteiger partial charge is 0.150 e. The maximum absolute atomic E-state index is 11.3. The van der Waals surface area contributed by atoms with Crippen molar-refractivity contribution in [3.63, 3.8) is 0 Å². The van der Waals surface area contributed by atoms with Gasteiger partial charge in [-0.25, -0.2) is 0 Å². The maximum Gasteiger partial charge on any atom is 0.150 e. The number of carbonyl (C=O) groups excluding carboxylic acids is 1. The lowest BCUT2D eigenvalue weighted by atomic mass is 9.63. The number of hydrogen-bond acceptors (Lipinski definition) is 1. The Morgan fingerprint density at radius 1 is 1.00 bits per heavy atom. The summed E-state index contributed by atoms with van der Waals surface area (Å²) in [6.07, 6.45) is 3.40. The number of fused-ring (bicyclic) bond motifs is 1. The first kappa shape index (κ1) is 15.0. The molecule has 1 aromatic carbocycles. The lowest BCUT2D eigenvalue weighted by molar-refractivity contribution is -0.103. The summed E-state index contributed by atoms with van der Waals surface area (Å²) in [5.41, 5.74) is 6.24. The third-order valence-corrected chi connectivity index (χ3v) is 4.82. The molecule has 0 unspecified atom stereocenters. The van der Waals surface area contributed by atoms with Crippen LogP contribution in [0.4, 0.5) is 0 Å². The predicted molar refractivity (Wildman–Crippen MR) is 86.1 cm³/mol. The molecule has 2 rings (SSSR count). The van der Waals surface area contributed by atoms with Crippen LogP contribution in [0.15, 0.2) is 23.8 Å². The molecule has 1 nitrogen and oxygen atoms in total. The van der Waals surface area contributed by atoms with Crippen LogP contribution in [0.1, 0.15) is 71.1 Å². The molecule has 0 radical (unpaired) electrons. The summed E-state index contributed by atoms with van der Waals surface area (Å²) in [6, 6.07) is 6.59. The predicted octanol–water partition coefficient (Wildman–Crippen LogP) is 5.03. The Labute approximate surface area is 123 Å². The Hall–Kier alpha value is -1.37. The highest BCUT2D eigenvalue weighted by Gasteiger charge is 2.37. The standard InChI is InChI=1S/C19H26O/c1-13(2)15(12-20)14-7-8-16-17(11-14)19(5,6)10-9-18(16,3)4/h7-8,11-12H,9-10H2,1-6H3. The van der Waals surface area contributed by atoms with Crippen molar-refractivity contribution in [2.24, 2.45) is 0 Å². The molecule has 0 aromatic heterocycles. The molecule has 1 aliphatic rings. The zero-order valence-electron chi connectivity index (χ0n) is 13.6. The highest BCUT2D eigenvalue weighted by atomic mass is 16.1. The number of carbonyl (C=O) groups is 1. The van der Waals surface area contributed by atoms with E-state index in [0.717, 1.165) is 23.0 Å². The summed E-state index contributed by atoms with van der Waals surface area (Å²) in [6.45, 7) is 13.3. The molecule has 0 heterocycles. The third kappa shape index (κ3) is 2.46. The Morgan fingerprint density at radius 2 is 1.55 bits per heavy atom. The molecule has 0 N–H and O–H groups in total. The second-order valence-corrected chi connectivity index (χ2v) is 7.56. The van der Waals surface area contributed by atoms with Gasteiger partial charge < -0.3 is 0 Å².